The highest BCUT2D eigenvalue weighted by atomic mass is 16.5. The van der Waals surface area contributed by atoms with Gasteiger partial charge in [-0.1, -0.05) is 0 Å². The molecule has 0 saturated carbocycles. The molecule has 2 rings (SSSR count). The zero-order chi connectivity index (χ0) is 10.1. The average Bonchev–Trinajstić information content (AvgIpc) is 2.64. The van der Waals surface area contributed by atoms with Crippen LogP contribution >= 0.6 is 0 Å². The molecule has 1 aliphatic heterocycles. The topological polar surface area (TPSA) is 77.0 Å². The molecule has 5 heteroatoms. The van der Waals surface area contributed by atoms with E-state index in [4.69, 9.17) is 5.73 Å². The number of hydrogen-bond donors (Lipinski definition) is 1. The Labute approximate surface area is 80.7 Å². The fraction of sp³-hybridized carbons (Fsp3) is 0.222. The normalized spacial score (nSPS) is 23.5. The van der Waals surface area contributed by atoms with Crippen LogP contribution in [0.15, 0.2) is 33.4 Å². The van der Waals surface area contributed by atoms with Crippen molar-refractivity contribution in [2.24, 2.45) is 15.7 Å². The summed E-state index contributed by atoms with van der Waals surface area (Å²) in [6.07, 6.45) is 4.68. The standard InChI is InChI=1S/C9H9N3O2/c1-14-9(13)5-2-6(10)8-7(3-5)11-4-12-8/h2-4,7H,10H2,1H3/t7-/m1/s1. The number of nitrogens with zero attached hydrogens (tertiary/aromatic N) is 2. The van der Waals surface area contributed by atoms with Gasteiger partial charge in [-0.15, -0.1) is 0 Å². The van der Waals surface area contributed by atoms with Crippen molar-refractivity contribution in [3.05, 3.63) is 23.4 Å². The number of carbonyl (C=O) groups is 1. The molecule has 0 amide bonds. The summed E-state index contributed by atoms with van der Waals surface area (Å²) in [5.41, 5.74) is 7.29. The van der Waals surface area contributed by atoms with Gasteiger partial charge >= 0.3 is 5.97 Å². The minimum absolute atomic E-state index is 0.228. The van der Waals surface area contributed by atoms with E-state index >= 15 is 0 Å². The van der Waals surface area contributed by atoms with E-state index in [1.54, 1.807) is 12.2 Å². The van der Waals surface area contributed by atoms with E-state index in [1.807, 2.05) is 0 Å². The maximum atomic E-state index is 11.2. The number of nitrogens with two attached hydrogens (primary N) is 1. The predicted octanol–water partition coefficient (Wildman–Crippen LogP) is -0.207. The zero-order valence-corrected chi connectivity index (χ0v) is 7.60. The number of ether oxygens (including phenoxy) is 1. The number of aliphatic imine (C=N–C) groups is 2. The highest BCUT2D eigenvalue weighted by Gasteiger charge is 2.25. The van der Waals surface area contributed by atoms with Crippen molar-refractivity contribution in [1.29, 1.82) is 0 Å². The molecular formula is C9H9N3O2. The monoisotopic (exact) mass is 191 g/mol. The van der Waals surface area contributed by atoms with Gasteiger partial charge in [0.2, 0.25) is 0 Å². The molecule has 1 heterocycles. The Bertz CT molecular complexity index is 404. The van der Waals surface area contributed by atoms with Crippen molar-refractivity contribution in [1.82, 2.24) is 0 Å². The molecule has 1 atom stereocenters. The fourth-order valence-corrected chi connectivity index (χ4v) is 1.39. The van der Waals surface area contributed by atoms with Crippen LogP contribution in [-0.4, -0.2) is 31.2 Å². The summed E-state index contributed by atoms with van der Waals surface area (Å²) >= 11 is 0. The van der Waals surface area contributed by atoms with Crippen LogP contribution < -0.4 is 5.73 Å². The molecule has 2 N–H and O–H groups in total. The van der Waals surface area contributed by atoms with Crippen LogP contribution in [0, 0.1) is 0 Å². The van der Waals surface area contributed by atoms with Gasteiger partial charge in [-0.05, 0) is 12.2 Å². The molecule has 0 radical (unpaired) electrons. The van der Waals surface area contributed by atoms with Crippen molar-refractivity contribution < 1.29 is 9.53 Å². The van der Waals surface area contributed by atoms with Crippen molar-refractivity contribution in [2.45, 2.75) is 6.04 Å². The SMILES string of the molecule is COC(=O)C1=C[C@H]2N=CN=C2C(N)=C1. The van der Waals surface area contributed by atoms with Gasteiger partial charge in [-0.2, -0.15) is 0 Å². The first-order valence-electron chi connectivity index (χ1n) is 4.09. The van der Waals surface area contributed by atoms with E-state index < -0.39 is 5.97 Å². The second-order valence-corrected chi connectivity index (χ2v) is 2.94. The lowest BCUT2D eigenvalue weighted by atomic mass is 9.99. The summed E-state index contributed by atoms with van der Waals surface area (Å²) in [4.78, 5) is 19.3. The lowest BCUT2D eigenvalue weighted by Crippen LogP contribution is -2.26. The van der Waals surface area contributed by atoms with Gasteiger partial charge in [0.1, 0.15) is 12.4 Å². The minimum Gasteiger partial charge on any atom is -0.465 e. The molecule has 1 aliphatic carbocycles. The summed E-state index contributed by atoms with van der Waals surface area (Å²) in [5, 5.41) is 0. The summed E-state index contributed by atoms with van der Waals surface area (Å²) in [6, 6.07) is -0.228. The molecule has 2 aliphatic rings. The van der Waals surface area contributed by atoms with Gasteiger partial charge in [-0.25, -0.2) is 9.79 Å². The molecule has 0 spiro atoms. The van der Waals surface area contributed by atoms with Gasteiger partial charge in [0.05, 0.1) is 24.1 Å². The molecule has 0 fully saturated rings. The zero-order valence-electron chi connectivity index (χ0n) is 7.60. The summed E-state index contributed by atoms with van der Waals surface area (Å²) in [6.45, 7) is 0. The Morgan fingerprint density at radius 1 is 1.64 bits per heavy atom. The predicted molar refractivity (Wildman–Crippen MR) is 52.1 cm³/mol. The number of rotatable bonds is 1. The number of hydrogen-bond acceptors (Lipinski definition) is 5. The number of methoxy groups -OCH3 is 1. The largest absolute Gasteiger partial charge is 0.465 e. The smallest absolute Gasteiger partial charge is 0.337 e. The molecule has 0 unspecified atom stereocenters. The van der Waals surface area contributed by atoms with Crippen molar-refractivity contribution >= 4 is 18.0 Å². The summed E-state index contributed by atoms with van der Waals surface area (Å²) in [5.74, 6) is -0.408. The van der Waals surface area contributed by atoms with E-state index in [0.717, 1.165) is 0 Å². The maximum Gasteiger partial charge on any atom is 0.337 e. The first-order valence-corrected chi connectivity index (χ1v) is 4.09. The molecule has 72 valence electrons. The van der Waals surface area contributed by atoms with Crippen LogP contribution in [0.2, 0.25) is 0 Å². The van der Waals surface area contributed by atoms with Crippen LogP contribution in [-0.2, 0) is 9.53 Å². The molecule has 5 nitrogen and oxygen atoms in total. The van der Waals surface area contributed by atoms with E-state index in [9.17, 15) is 4.79 Å². The molecule has 0 saturated heterocycles. The Morgan fingerprint density at radius 2 is 2.43 bits per heavy atom. The second-order valence-electron chi connectivity index (χ2n) is 2.94. The van der Waals surface area contributed by atoms with Crippen LogP contribution in [0.3, 0.4) is 0 Å². The van der Waals surface area contributed by atoms with Crippen LogP contribution in [0.5, 0.6) is 0 Å². The van der Waals surface area contributed by atoms with E-state index in [1.165, 1.54) is 13.4 Å². The van der Waals surface area contributed by atoms with Crippen LogP contribution in [0.1, 0.15) is 0 Å². The van der Waals surface area contributed by atoms with Gasteiger partial charge in [0.25, 0.3) is 0 Å². The Balaban J connectivity index is 2.35. The Kier molecular flexibility index (Phi) is 1.92. The number of esters is 1. The molecule has 0 bridgehead atoms. The lowest BCUT2D eigenvalue weighted by Gasteiger charge is -2.14. The Hall–Kier alpha value is -1.91. The lowest BCUT2D eigenvalue weighted by molar-refractivity contribution is -0.135. The van der Waals surface area contributed by atoms with Gasteiger partial charge < -0.3 is 10.5 Å². The third-order valence-corrected chi connectivity index (χ3v) is 2.07. The van der Waals surface area contributed by atoms with Crippen molar-refractivity contribution in [2.75, 3.05) is 7.11 Å². The van der Waals surface area contributed by atoms with Gasteiger partial charge in [-0.3, -0.25) is 4.99 Å². The molecule has 0 aromatic carbocycles. The minimum atomic E-state index is -0.408. The van der Waals surface area contributed by atoms with Gasteiger partial charge in [0.15, 0.2) is 0 Å². The second kappa shape index (κ2) is 3.10. The number of carbonyl (C=O) groups excluding carboxylic acids is 1. The van der Waals surface area contributed by atoms with Crippen LogP contribution in [0.4, 0.5) is 0 Å². The number of fused-ring (bicyclic) bond motifs is 1. The third kappa shape index (κ3) is 1.22. The van der Waals surface area contributed by atoms with Gasteiger partial charge in [0, 0.05) is 0 Å². The highest BCUT2D eigenvalue weighted by molar-refractivity contribution is 6.14. The van der Waals surface area contributed by atoms with E-state index in [0.29, 0.717) is 17.0 Å². The van der Waals surface area contributed by atoms with Crippen LogP contribution in [0.25, 0.3) is 0 Å². The first-order chi connectivity index (χ1) is 6.72. The molecule has 0 aromatic rings. The van der Waals surface area contributed by atoms with Crippen molar-refractivity contribution in [3.8, 4) is 0 Å². The fourth-order valence-electron chi connectivity index (χ4n) is 1.39. The van der Waals surface area contributed by atoms with E-state index in [2.05, 4.69) is 14.7 Å². The van der Waals surface area contributed by atoms with E-state index in [-0.39, 0.29) is 6.04 Å². The quantitative estimate of drug-likeness (QED) is 0.583. The highest BCUT2D eigenvalue weighted by Crippen LogP contribution is 2.18. The van der Waals surface area contributed by atoms with Crippen molar-refractivity contribution in [3.63, 3.8) is 0 Å². The Morgan fingerprint density at radius 3 is 3.14 bits per heavy atom. The maximum absolute atomic E-state index is 11.2. The average molecular weight is 191 g/mol. The third-order valence-electron chi connectivity index (χ3n) is 2.07. The summed E-state index contributed by atoms with van der Waals surface area (Å²) in [7, 11) is 1.33. The first kappa shape index (κ1) is 8.68. The molecule has 0 aromatic heterocycles. The summed E-state index contributed by atoms with van der Waals surface area (Å²) < 4.78 is 4.59. The molecular weight excluding hydrogens is 182 g/mol. The molecule has 14 heavy (non-hydrogen) atoms.